The van der Waals surface area contributed by atoms with Gasteiger partial charge in [-0.2, -0.15) is 5.10 Å². The number of nitrogens with zero attached hydrogens (tertiary/aromatic N) is 2. The van der Waals surface area contributed by atoms with Crippen molar-refractivity contribution in [3.8, 4) is 5.75 Å². The van der Waals surface area contributed by atoms with Crippen LogP contribution in [0.5, 0.6) is 5.75 Å². The quantitative estimate of drug-likeness (QED) is 0.582. The van der Waals surface area contributed by atoms with E-state index in [1.807, 2.05) is 24.3 Å². The number of phenols is 1. The molecule has 0 aromatic heterocycles. The standard InChI is InChI=1S/C20H21Cl2N3O2/c21-17-3-1-14(2-4-17)13-25-9-7-15(8-10-25)20(27)24-23-12-16-11-18(22)5-6-19(16)26/h1-6,11-12,15,26H,7-10,13H2,(H,24,27)/b23-12+. The van der Waals surface area contributed by atoms with Crippen LogP contribution in [0.25, 0.3) is 0 Å². The van der Waals surface area contributed by atoms with E-state index in [4.69, 9.17) is 23.2 Å². The number of nitrogens with one attached hydrogen (secondary N) is 1. The Bertz CT molecular complexity index is 816. The summed E-state index contributed by atoms with van der Waals surface area (Å²) in [6.07, 6.45) is 2.98. The number of hydrogen-bond acceptors (Lipinski definition) is 4. The number of benzene rings is 2. The van der Waals surface area contributed by atoms with E-state index in [9.17, 15) is 9.90 Å². The third kappa shape index (κ3) is 5.70. The Morgan fingerprint density at radius 2 is 1.81 bits per heavy atom. The van der Waals surface area contributed by atoms with Crippen LogP contribution in [0.3, 0.4) is 0 Å². The molecular weight excluding hydrogens is 385 g/mol. The van der Waals surface area contributed by atoms with E-state index in [1.165, 1.54) is 17.8 Å². The highest BCUT2D eigenvalue weighted by Gasteiger charge is 2.24. The largest absolute Gasteiger partial charge is 0.507 e. The first-order valence-electron chi connectivity index (χ1n) is 8.79. The molecular formula is C20H21Cl2N3O2. The van der Waals surface area contributed by atoms with Crippen molar-refractivity contribution in [2.45, 2.75) is 19.4 Å². The molecule has 0 saturated carbocycles. The van der Waals surface area contributed by atoms with Crippen LogP contribution in [-0.4, -0.2) is 35.2 Å². The zero-order chi connectivity index (χ0) is 19.2. The van der Waals surface area contributed by atoms with Crippen molar-refractivity contribution in [1.82, 2.24) is 10.3 Å². The number of rotatable bonds is 5. The van der Waals surface area contributed by atoms with Gasteiger partial charge in [-0.15, -0.1) is 0 Å². The first-order valence-corrected chi connectivity index (χ1v) is 9.55. The molecule has 2 N–H and O–H groups in total. The van der Waals surface area contributed by atoms with Crippen LogP contribution >= 0.6 is 23.2 Å². The number of aromatic hydroxyl groups is 1. The zero-order valence-electron chi connectivity index (χ0n) is 14.7. The number of phenolic OH excluding ortho intramolecular Hbond substituents is 1. The number of carbonyl (C=O) groups is 1. The van der Waals surface area contributed by atoms with Crippen molar-refractivity contribution in [3.05, 3.63) is 63.6 Å². The van der Waals surface area contributed by atoms with E-state index in [0.29, 0.717) is 10.6 Å². The summed E-state index contributed by atoms with van der Waals surface area (Å²) in [6, 6.07) is 12.5. The van der Waals surface area contributed by atoms with Crippen LogP contribution in [0.2, 0.25) is 10.0 Å². The molecule has 1 saturated heterocycles. The van der Waals surface area contributed by atoms with Gasteiger partial charge in [-0.1, -0.05) is 35.3 Å². The maximum atomic E-state index is 12.3. The van der Waals surface area contributed by atoms with Gasteiger partial charge in [-0.05, 0) is 61.8 Å². The van der Waals surface area contributed by atoms with Gasteiger partial charge in [0, 0.05) is 28.1 Å². The van der Waals surface area contributed by atoms with Crippen molar-refractivity contribution < 1.29 is 9.90 Å². The Morgan fingerprint density at radius 1 is 1.15 bits per heavy atom. The minimum atomic E-state index is -0.0982. The highest BCUT2D eigenvalue weighted by molar-refractivity contribution is 6.31. The van der Waals surface area contributed by atoms with Gasteiger partial charge in [0.05, 0.1) is 6.21 Å². The van der Waals surface area contributed by atoms with Gasteiger partial charge < -0.3 is 5.11 Å². The fraction of sp³-hybridized carbons (Fsp3) is 0.300. The van der Waals surface area contributed by atoms with Crippen molar-refractivity contribution in [2.24, 2.45) is 11.0 Å². The molecule has 0 spiro atoms. The topological polar surface area (TPSA) is 64.9 Å². The molecule has 1 heterocycles. The van der Waals surface area contributed by atoms with Gasteiger partial charge in [0.25, 0.3) is 0 Å². The highest BCUT2D eigenvalue weighted by Crippen LogP contribution is 2.21. The Morgan fingerprint density at radius 3 is 2.52 bits per heavy atom. The number of hydrazone groups is 1. The van der Waals surface area contributed by atoms with E-state index in [2.05, 4.69) is 15.4 Å². The third-order valence-corrected chi connectivity index (χ3v) is 5.13. The Hall–Kier alpha value is -2.08. The number of carbonyl (C=O) groups excluding carboxylic acids is 1. The lowest BCUT2D eigenvalue weighted by Crippen LogP contribution is -2.39. The van der Waals surface area contributed by atoms with Crippen LogP contribution in [0, 0.1) is 5.92 Å². The molecule has 0 unspecified atom stereocenters. The molecule has 142 valence electrons. The van der Waals surface area contributed by atoms with Crippen LogP contribution in [0.1, 0.15) is 24.0 Å². The summed E-state index contributed by atoms with van der Waals surface area (Å²) in [5, 5.41) is 14.9. The lowest BCUT2D eigenvalue weighted by atomic mass is 9.96. The molecule has 0 atom stereocenters. The van der Waals surface area contributed by atoms with Crippen molar-refractivity contribution in [2.75, 3.05) is 13.1 Å². The molecule has 2 aromatic rings. The fourth-order valence-corrected chi connectivity index (χ4v) is 3.39. The number of amides is 1. The maximum Gasteiger partial charge on any atom is 0.243 e. The second-order valence-electron chi connectivity index (χ2n) is 6.61. The molecule has 1 amide bonds. The molecule has 1 fully saturated rings. The average molecular weight is 406 g/mol. The third-order valence-electron chi connectivity index (χ3n) is 4.65. The van der Waals surface area contributed by atoms with Gasteiger partial charge in [0.15, 0.2) is 0 Å². The monoisotopic (exact) mass is 405 g/mol. The van der Waals surface area contributed by atoms with Crippen LogP contribution in [0.15, 0.2) is 47.6 Å². The van der Waals surface area contributed by atoms with Gasteiger partial charge >= 0.3 is 0 Å². The lowest BCUT2D eigenvalue weighted by Gasteiger charge is -2.30. The zero-order valence-corrected chi connectivity index (χ0v) is 16.2. The summed E-state index contributed by atoms with van der Waals surface area (Å²) < 4.78 is 0. The van der Waals surface area contributed by atoms with Gasteiger partial charge in [-0.3, -0.25) is 9.69 Å². The minimum Gasteiger partial charge on any atom is -0.507 e. The predicted octanol–water partition coefficient (Wildman–Crippen LogP) is 4.06. The Kier molecular flexibility index (Phi) is 6.72. The van der Waals surface area contributed by atoms with E-state index in [1.54, 1.807) is 12.1 Å². The summed E-state index contributed by atoms with van der Waals surface area (Å²) >= 11 is 11.8. The average Bonchev–Trinajstić information content (AvgIpc) is 2.67. The van der Waals surface area contributed by atoms with Crippen LogP contribution in [0.4, 0.5) is 0 Å². The van der Waals surface area contributed by atoms with Crippen molar-refractivity contribution in [1.29, 1.82) is 0 Å². The number of piperidine rings is 1. The van der Waals surface area contributed by atoms with E-state index >= 15 is 0 Å². The van der Waals surface area contributed by atoms with Gasteiger partial charge in [0.1, 0.15) is 5.75 Å². The summed E-state index contributed by atoms with van der Waals surface area (Å²) in [6.45, 7) is 2.58. The molecule has 3 rings (SSSR count). The second-order valence-corrected chi connectivity index (χ2v) is 7.49. The normalized spacial score (nSPS) is 15.9. The smallest absolute Gasteiger partial charge is 0.243 e. The molecule has 27 heavy (non-hydrogen) atoms. The van der Waals surface area contributed by atoms with Crippen molar-refractivity contribution >= 4 is 35.3 Å². The SMILES string of the molecule is O=C(N/N=C/c1cc(Cl)ccc1O)C1CCN(Cc2ccc(Cl)cc2)CC1. The van der Waals surface area contributed by atoms with Crippen LogP contribution in [-0.2, 0) is 11.3 Å². The lowest BCUT2D eigenvalue weighted by molar-refractivity contribution is -0.126. The fourth-order valence-electron chi connectivity index (χ4n) is 3.09. The predicted molar refractivity (Wildman–Crippen MR) is 108 cm³/mol. The van der Waals surface area contributed by atoms with E-state index in [-0.39, 0.29) is 17.6 Å². The number of halogens is 2. The van der Waals surface area contributed by atoms with Gasteiger partial charge in [-0.25, -0.2) is 5.43 Å². The molecule has 0 aliphatic carbocycles. The molecule has 5 nitrogen and oxygen atoms in total. The van der Waals surface area contributed by atoms with Crippen molar-refractivity contribution in [3.63, 3.8) is 0 Å². The molecule has 7 heteroatoms. The summed E-state index contributed by atoms with van der Waals surface area (Å²) in [5.41, 5.74) is 4.24. The molecule has 1 aliphatic rings. The first-order chi connectivity index (χ1) is 13.0. The number of likely N-dealkylation sites (tertiary alicyclic amines) is 1. The molecule has 0 bridgehead atoms. The second kappa shape index (κ2) is 9.22. The van der Waals surface area contributed by atoms with Gasteiger partial charge in [0.2, 0.25) is 5.91 Å². The summed E-state index contributed by atoms with van der Waals surface area (Å²) in [7, 11) is 0. The molecule has 1 aliphatic heterocycles. The highest BCUT2D eigenvalue weighted by atomic mass is 35.5. The van der Waals surface area contributed by atoms with E-state index in [0.717, 1.165) is 37.5 Å². The summed E-state index contributed by atoms with van der Waals surface area (Å²) in [5.74, 6) is -0.0941. The van der Waals surface area contributed by atoms with Crippen LogP contribution < -0.4 is 5.43 Å². The summed E-state index contributed by atoms with van der Waals surface area (Å²) in [4.78, 5) is 14.6. The minimum absolute atomic E-state index is 0.0587. The molecule has 2 aromatic carbocycles. The first kappa shape index (κ1) is 19.7. The Balaban J connectivity index is 1.46. The molecule has 0 radical (unpaired) electrons. The maximum absolute atomic E-state index is 12.3. The Labute approximate surface area is 168 Å². The number of hydrogen-bond donors (Lipinski definition) is 2. The van der Waals surface area contributed by atoms with E-state index < -0.39 is 0 Å².